The number of rotatable bonds is 4. The smallest absolute Gasteiger partial charge is 0.382 e. The first kappa shape index (κ1) is 12.8. The van der Waals surface area contributed by atoms with Crippen molar-refractivity contribution in [3.05, 3.63) is 21.3 Å². The van der Waals surface area contributed by atoms with Crippen LogP contribution in [0.4, 0.5) is 13.2 Å². The summed E-state index contributed by atoms with van der Waals surface area (Å²) in [7, 11) is 0. The average molecular weight is 260 g/mol. The van der Waals surface area contributed by atoms with Crippen LogP contribution in [0.5, 0.6) is 0 Å². The van der Waals surface area contributed by atoms with Gasteiger partial charge >= 0.3 is 6.18 Å². The molecule has 2 nitrogen and oxygen atoms in total. The second-order valence-electron chi connectivity index (χ2n) is 2.92. The molecule has 1 atom stereocenters. The van der Waals surface area contributed by atoms with E-state index in [0.717, 1.165) is 4.88 Å². The molecular weight excluding hydrogens is 251 g/mol. The molecule has 0 aromatic carbocycles. The lowest BCUT2D eigenvalue weighted by atomic mass is 10.3. The van der Waals surface area contributed by atoms with Gasteiger partial charge < -0.3 is 10.4 Å². The number of aliphatic hydroxyl groups is 1. The van der Waals surface area contributed by atoms with Gasteiger partial charge in [0.25, 0.3) is 0 Å². The van der Waals surface area contributed by atoms with Crippen LogP contribution in [0.25, 0.3) is 0 Å². The van der Waals surface area contributed by atoms with Gasteiger partial charge in [0, 0.05) is 23.3 Å². The summed E-state index contributed by atoms with van der Waals surface area (Å²) in [5, 5.41) is 13.4. The fraction of sp³-hybridized carbons (Fsp3) is 0.500. The molecule has 0 saturated carbocycles. The van der Waals surface area contributed by atoms with Crippen LogP contribution in [0, 0.1) is 0 Å². The Morgan fingerprint density at radius 3 is 2.67 bits per heavy atom. The molecule has 0 fully saturated rings. The van der Waals surface area contributed by atoms with Gasteiger partial charge in [-0.2, -0.15) is 13.2 Å². The highest BCUT2D eigenvalue weighted by Gasteiger charge is 2.37. The number of thiophene rings is 1. The zero-order valence-corrected chi connectivity index (χ0v) is 9.09. The predicted molar refractivity (Wildman–Crippen MR) is 53.1 cm³/mol. The van der Waals surface area contributed by atoms with E-state index >= 15 is 0 Å². The van der Waals surface area contributed by atoms with E-state index in [9.17, 15) is 13.2 Å². The molecule has 2 N–H and O–H groups in total. The summed E-state index contributed by atoms with van der Waals surface area (Å²) < 4.78 is 35.6. The summed E-state index contributed by atoms with van der Waals surface area (Å²) in [6, 6.07) is 1.67. The normalized spacial score (nSPS) is 14.2. The van der Waals surface area contributed by atoms with Crippen molar-refractivity contribution in [3.8, 4) is 0 Å². The first-order chi connectivity index (χ1) is 6.89. The van der Waals surface area contributed by atoms with Crippen molar-refractivity contribution in [2.75, 3.05) is 6.54 Å². The van der Waals surface area contributed by atoms with Crippen LogP contribution in [0.15, 0.2) is 11.4 Å². The lowest BCUT2D eigenvalue weighted by Crippen LogP contribution is -2.38. The van der Waals surface area contributed by atoms with Gasteiger partial charge in [-0.25, -0.2) is 0 Å². The largest absolute Gasteiger partial charge is 0.415 e. The molecule has 1 rings (SSSR count). The molecular formula is C8H9ClF3NOS. The first-order valence-electron chi connectivity index (χ1n) is 4.08. The van der Waals surface area contributed by atoms with Crippen molar-refractivity contribution in [1.29, 1.82) is 0 Å². The summed E-state index contributed by atoms with van der Waals surface area (Å²) in [4.78, 5) is 0.828. The number of hydrogen-bond donors (Lipinski definition) is 2. The highest BCUT2D eigenvalue weighted by molar-refractivity contribution is 7.10. The molecule has 0 aliphatic rings. The Bertz CT molecular complexity index is 315. The third-order valence-electron chi connectivity index (χ3n) is 1.64. The van der Waals surface area contributed by atoms with Crippen LogP contribution in [-0.2, 0) is 6.54 Å². The molecule has 0 aliphatic heterocycles. The van der Waals surface area contributed by atoms with Crippen LogP contribution in [0.3, 0.4) is 0 Å². The molecule has 0 saturated heterocycles. The lowest BCUT2D eigenvalue weighted by Gasteiger charge is -2.14. The van der Waals surface area contributed by atoms with Crippen molar-refractivity contribution in [1.82, 2.24) is 5.32 Å². The minimum atomic E-state index is -4.57. The van der Waals surface area contributed by atoms with E-state index in [1.54, 1.807) is 11.4 Å². The van der Waals surface area contributed by atoms with Gasteiger partial charge in [0.2, 0.25) is 0 Å². The summed E-state index contributed by atoms with van der Waals surface area (Å²) in [6.45, 7) is -0.246. The molecule has 7 heteroatoms. The van der Waals surface area contributed by atoms with Gasteiger partial charge in [-0.05, 0) is 6.07 Å². The van der Waals surface area contributed by atoms with Crippen molar-refractivity contribution in [2.24, 2.45) is 0 Å². The van der Waals surface area contributed by atoms with Crippen LogP contribution in [0.2, 0.25) is 5.02 Å². The Morgan fingerprint density at radius 2 is 2.20 bits per heavy atom. The lowest BCUT2D eigenvalue weighted by molar-refractivity contribution is -0.201. The fourth-order valence-corrected chi connectivity index (χ4v) is 1.94. The Morgan fingerprint density at radius 1 is 1.53 bits per heavy atom. The average Bonchev–Trinajstić information content (AvgIpc) is 2.49. The molecule has 15 heavy (non-hydrogen) atoms. The molecule has 86 valence electrons. The van der Waals surface area contributed by atoms with Gasteiger partial charge in [-0.1, -0.05) is 11.6 Å². The fourth-order valence-electron chi connectivity index (χ4n) is 0.894. The Balaban J connectivity index is 2.28. The van der Waals surface area contributed by atoms with Crippen molar-refractivity contribution < 1.29 is 18.3 Å². The molecule has 0 radical (unpaired) electrons. The number of hydrogen-bond acceptors (Lipinski definition) is 3. The maximum Gasteiger partial charge on any atom is 0.415 e. The van der Waals surface area contributed by atoms with Crippen LogP contribution in [0.1, 0.15) is 4.88 Å². The van der Waals surface area contributed by atoms with E-state index in [1.807, 2.05) is 0 Å². The Kier molecular flexibility index (Phi) is 4.39. The van der Waals surface area contributed by atoms with E-state index < -0.39 is 18.8 Å². The molecule has 1 heterocycles. The summed E-state index contributed by atoms with van der Waals surface area (Å²) >= 11 is 6.98. The van der Waals surface area contributed by atoms with Gasteiger partial charge in [0.15, 0.2) is 6.10 Å². The Labute approximate surface area is 93.7 Å². The number of aliphatic hydroxyl groups excluding tert-OH is 1. The third kappa shape index (κ3) is 4.38. The maximum absolute atomic E-state index is 11.9. The molecule has 1 aromatic rings. The number of nitrogens with one attached hydrogen (secondary N) is 1. The highest BCUT2D eigenvalue weighted by atomic mass is 35.5. The maximum atomic E-state index is 11.9. The number of alkyl halides is 3. The molecule has 1 unspecified atom stereocenters. The first-order valence-corrected chi connectivity index (χ1v) is 5.34. The molecule has 0 bridgehead atoms. The standard InChI is InChI=1S/C8H9ClF3NOS/c9-5-1-6(15-4-5)2-13-3-7(14)8(10,11)12/h1,4,7,13-14H,2-3H2. The second-order valence-corrected chi connectivity index (χ2v) is 4.35. The van der Waals surface area contributed by atoms with E-state index in [0.29, 0.717) is 5.02 Å². The van der Waals surface area contributed by atoms with E-state index in [-0.39, 0.29) is 6.54 Å². The molecule has 0 amide bonds. The van der Waals surface area contributed by atoms with Gasteiger partial charge in [-0.3, -0.25) is 0 Å². The highest BCUT2D eigenvalue weighted by Crippen LogP contribution is 2.20. The minimum Gasteiger partial charge on any atom is -0.382 e. The van der Waals surface area contributed by atoms with Crippen molar-refractivity contribution in [2.45, 2.75) is 18.8 Å². The molecule has 0 spiro atoms. The van der Waals surface area contributed by atoms with Gasteiger partial charge in [-0.15, -0.1) is 11.3 Å². The Hall–Kier alpha value is -0.300. The summed E-state index contributed by atoms with van der Waals surface area (Å²) in [6.07, 6.45) is -6.90. The van der Waals surface area contributed by atoms with Crippen LogP contribution in [-0.4, -0.2) is 23.9 Å². The van der Waals surface area contributed by atoms with E-state index in [4.69, 9.17) is 16.7 Å². The predicted octanol–water partition coefficient (Wildman–Crippen LogP) is 2.41. The third-order valence-corrected chi connectivity index (χ3v) is 2.92. The quantitative estimate of drug-likeness (QED) is 0.870. The SMILES string of the molecule is OC(CNCc1cc(Cl)cs1)C(F)(F)F. The zero-order valence-electron chi connectivity index (χ0n) is 7.51. The number of halogens is 4. The van der Waals surface area contributed by atoms with Gasteiger partial charge in [0.05, 0.1) is 5.02 Å². The summed E-state index contributed by atoms with van der Waals surface area (Å²) in [5.41, 5.74) is 0. The van der Waals surface area contributed by atoms with Crippen molar-refractivity contribution >= 4 is 22.9 Å². The minimum absolute atomic E-state index is 0.268. The topological polar surface area (TPSA) is 32.3 Å². The van der Waals surface area contributed by atoms with Crippen molar-refractivity contribution in [3.63, 3.8) is 0 Å². The monoisotopic (exact) mass is 259 g/mol. The van der Waals surface area contributed by atoms with Crippen LogP contribution >= 0.6 is 22.9 Å². The van der Waals surface area contributed by atoms with E-state index in [1.165, 1.54) is 11.3 Å². The van der Waals surface area contributed by atoms with Gasteiger partial charge in [0.1, 0.15) is 0 Å². The molecule has 0 aliphatic carbocycles. The van der Waals surface area contributed by atoms with E-state index in [2.05, 4.69) is 5.32 Å². The zero-order chi connectivity index (χ0) is 11.5. The summed E-state index contributed by atoms with van der Waals surface area (Å²) in [5.74, 6) is 0. The van der Waals surface area contributed by atoms with Crippen LogP contribution < -0.4 is 5.32 Å². The second kappa shape index (κ2) is 5.16. The molecule has 1 aromatic heterocycles.